The lowest BCUT2D eigenvalue weighted by molar-refractivity contribution is 0.102. The van der Waals surface area contributed by atoms with E-state index < -0.39 is 0 Å². The Morgan fingerprint density at radius 2 is 2.00 bits per heavy atom. The van der Waals surface area contributed by atoms with E-state index >= 15 is 0 Å². The summed E-state index contributed by atoms with van der Waals surface area (Å²) in [7, 11) is 0. The number of anilines is 3. The van der Waals surface area contributed by atoms with Gasteiger partial charge in [0.1, 0.15) is 11.5 Å². The Hall–Kier alpha value is -3.75. The fourth-order valence-electron chi connectivity index (χ4n) is 2.36. The van der Waals surface area contributed by atoms with E-state index in [0.717, 1.165) is 11.4 Å². The monoisotopic (exact) mass is 393 g/mol. The third kappa shape index (κ3) is 5.86. The maximum Gasteiger partial charge on any atom is 0.275 e. The molecule has 3 aromatic rings. The SMILES string of the molecule is CC(C)COc1cnc(C(=O)Nc2ccnc(CNc3cccnc3N)c2)cn1. The van der Waals surface area contributed by atoms with Gasteiger partial charge in [-0.15, -0.1) is 0 Å². The summed E-state index contributed by atoms with van der Waals surface area (Å²) in [5.74, 6) is 0.817. The second-order valence-corrected chi connectivity index (χ2v) is 6.72. The number of rotatable bonds is 8. The third-order valence-corrected chi connectivity index (χ3v) is 3.80. The van der Waals surface area contributed by atoms with Crippen LogP contribution in [0.5, 0.6) is 5.88 Å². The fourth-order valence-corrected chi connectivity index (χ4v) is 2.36. The molecule has 29 heavy (non-hydrogen) atoms. The molecule has 0 saturated heterocycles. The van der Waals surface area contributed by atoms with E-state index in [0.29, 0.717) is 36.5 Å². The van der Waals surface area contributed by atoms with E-state index in [4.69, 9.17) is 10.5 Å². The van der Waals surface area contributed by atoms with Gasteiger partial charge in [-0.1, -0.05) is 13.8 Å². The van der Waals surface area contributed by atoms with Gasteiger partial charge in [-0.2, -0.15) is 0 Å². The number of carbonyl (C=O) groups is 1. The molecule has 1 amide bonds. The summed E-state index contributed by atoms with van der Waals surface area (Å²) in [6, 6.07) is 7.10. The van der Waals surface area contributed by atoms with E-state index in [9.17, 15) is 4.79 Å². The van der Waals surface area contributed by atoms with Crippen LogP contribution in [-0.2, 0) is 6.54 Å². The maximum absolute atomic E-state index is 12.4. The molecular formula is C20H23N7O2. The highest BCUT2D eigenvalue weighted by Crippen LogP contribution is 2.16. The molecule has 0 aliphatic carbocycles. The van der Waals surface area contributed by atoms with Crippen molar-refractivity contribution in [2.24, 2.45) is 5.92 Å². The van der Waals surface area contributed by atoms with E-state index in [2.05, 4.69) is 30.6 Å². The van der Waals surface area contributed by atoms with Gasteiger partial charge in [-0.3, -0.25) is 9.78 Å². The molecule has 0 fully saturated rings. The molecule has 150 valence electrons. The topological polar surface area (TPSA) is 128 Å². The molecule has 0 aliphatic rings. The summed E-state index contributed by atoms with van der Waals surface area (Å²) in [4.78, 5) is 29.0. The van der Waals surface area contributed by atoms with Crippen LogP contribution in [0.15, 0.2) is 49.1 Å². The van der Waals surface area contributed by atoms with Crippen LogP contribution < -0.4 is 21.1 Å². The van der Waals surface area contributed by atoms with E-state index in [-0.39, 0.29) is 11.6 Å². The van der Waals surface area contributed by atoms with Gasteiger partial charge in [0.15, 0.2) is 0 Å². The van der Waals surface area contributed by atoms with Gasteiger partial charge in [0.25, 0.3) is 5.91 Å². The summed E-state index contributed by atoms with van der Waals surface area (Å²) >= 11 is 0. The van der Waals surface area contributed by atoms with Crippen LogP contribution in [-0.4, -0.2) is 32.4 Å². The first-order chi connectivity index (χ1) is 14.0. The molecule has 3 heterocycles. The molecule has 9 heteroatoms. The van der Waals surface area contributed by atoms with Crippen molar-refractivity contribution in [1.82, 2.24) is 19.9 Å². The summed E-state index contributed by atoms with van der Waals surface area (Å²) in [6.45, 7) is 5.05. The van der Waals surface area contributed by atoms with Gasteiger partial charge in [-0.25, -0.2) is 15.0 Å². The first kappa shape index (κ1) is 20.0. The van der Waals surface area contributed by atoms with Crippen molar-refractivity contribution in [2.75, 3.05) is 23.0 Å². The lowest BCUT2D eigenvalue weighted by Crippen LogP contribution is -2.15. The highest BCUT2D eigenvalue weighted by Gasteiger charge is 2.10. The maximum atomic E-state index is 12.4. The first-order valence-corrected chi connectivity index (χ1v) is 9.16. The number of aromatic nitrogens is 4. The van der Waals surface area contributed by atoms with Crippen LogP contribution in [0.1, 0.15) is 30.0 Å². The Labute approximate surface area is 168 Å². The molecular weight excluding hydrogens is 370 g/mol. The number of hydrogen-bond acceptors (Lipinski definition) is 8. The second kappa shape index (κ2) is 9.45. The molecule has 3 rings (SSSR count). The highest BCUT2D eigenvalue weighted by molar-refractivity contribution is 6.02. The van der Waals surface area contributed by atoms with Crippen molar-refractivity contribution in [3.63, 3.8) is 0 Å². The predicted molar refractivity (Wildman–Crippen MR) is 111 cm³/mol. The second-order valence-electron chi connectivity index (χ2n) is 6.72. The van der Waals surface area contributed by atoms with Gasteiger partial charge in [0, 0.05) is 18.1 Å². The summed E-state index contributed by atoms with van der Waals surface area (Å²) in [5, 5.41) is 5.96. The zero-order chi connectivity index (χ0) is 20.6. The molecule has 9 nitrogen and oxygen atoms in total. The van der Waals surface area contributed by atoms with Crippen LogP contribution in [0.2, 0.25) is 0 Å². The Kier molecular flexibility index (Phi) is 6.51. The number of nitrogen functional groups attached to an aromatic ring is 1. The molecule has 4 N–H and O–H groups in total. The molecule has 3 aromatic heterocycles. The molecule has 0 bridgehead atoms. The van der Waals surface area contributed by atoms with E-state index in [1.54, 1.807) is 30.6 Å². The smallest absolute Gasteiger partial charge is 0.275 e. The normalized spacial score (nSPS) is 10.6. The third-order valence-electron chi connectivity index (χ3n) is 3.80. The standard InChI is InChI=1S/C20H23N7O2/c1-13(2)12-29-18-11-25-17(10-26-18)20(28)27-14-5-7-22-15(8-14)9-24-16-4-3-6-23-19(16)21/h3-8,10-11,13,24H,9,12H2,1-2H3,(H2,21,23)(H,22,27,28). The molecule has 0 unspecified atom stereocenters. The van der Waals surface area contributed by atoms with Crippen LogP contribution >= 0.6 is 0 Å². The molecule has 0 spiro atoms. The lowest BCUT2D eigenvalue weighted by Gasteiger charge is -2.10. The van der Waals surface area contributed by atoms with Crippen LogP contribution in [0.3, 0.4) is 0 Å². The van der Waals surface area contributed by atoms with Gasteiger partial charge in [0.2, 0.25) is 5.88 Å². The van der Waals surface area contributed by atoms with Crippen molar-refractivity contribution >= 4 is 23.1 Å². The van der Waals surface area contributed by atoms with Crippen LogP contribution in [0.4, 0.5) is 17.2 Å². The average molecular weight is 393 g/mol. The van der Waals surface area contributed by atoms with E-state index in [1.165, 1.54) is 12.4 Å². The quantitative estimate of drug-likeness (QED) is 0.533. The first-order valence-electron chi connectivity index (χ1n) is 9.16. The molecule has 0 saturated carbocycles. The largest absolute Gasteiger partial charge is 0.476 e. The Morgan fingerprint density at radius 3 is 2.72 bits per heavy atom. The van der Waals surface area contributed by atoms with Crippen molar-refractivity contribution in [3.8, 4) is 5.88 Å². The van der Waals surface area contributed by atoms with Crippen LogP contribution in [0, 0.1) is 5.92 Å². The highest BCUT2D eigenvalue weighted by atomic mass is 16.5. The Morgan fingerprint density at radius 1 is 1.14 bits per heavy atom. The number of amides is 1. The van der Waals surface area contributed by atoms with Gasteiger partial charge < -0.3 is 21.1 Å². The minimum atomic E-state index is -0.366. The van der Waals surface area contributed by atoms with Gasteiger partial charge in [0.05, 0.1) is 36.9 Å². The number of pyridine rings is 2. The number of ether oxygens (including phenoxy) is 1. The van der Waals surface area contributed by atoms with Crippen LogP contribution in [0.25, 0.3) is 0 Å². The van der Waals surface area contributed by atoms with Crippen molar-refractivity contribution in [2.45, 2.75) is 20.4 Å². The Balaban J connectivity index is 1.59. The van der Waals surface area contributed by atoms with Gasteiger partial charge >= 0.3 is 0 Å². The van der Waals surface area contributed by atoms with Crippen molar-refractivity contribution < 1.29 is 9.53 Å². The fraction of sp³-hybridized carbons (Fsp3) is 0.250. The van der Waals surface area contributed by atoms with Crippen molar-refractivity contribution in [3.05, 3.63) is 60.4 Å². The zero-order valence-electron chi connectivity index (χ0n) is 16.3. The van der Waals surface area contributed by atoms with Gasteiger partial charge in [-0.05, 0) is 30.2 Å². The van der Waals surface area contributed by atoms with Crippen molar-refractivity contribution in [1.29, 1.82) is 0 Å². The zero-order valence-corrected chi connectivity index (χ0v) is 16.3. The Bertz CT molecular complexity index is 961. The number of nitrogens with one attached hydrogen (secondary N) is 2. The number of carbonyl (C=O) groups excluding carboxylic acids is 1. The summed E-state index contributed by atoms with van der Waals surface area (Å²) in [6.07, 6.45) is 6.08. The molecule has 0 radical (unpaired) electrons. The molecule has 0 aromatic carbocycles. The molecule has 0 aliphatic heterocycles. The number of nitrogens with two attached hydrogens (primary N) is 1. The average Bonchev–Trinajstić information content (AvgIpc) is 2.72. The summed E-state index contributed by atoms with van der Waals surface area (Å²) in [5.41, 5.74) is 8.06. The minimum Gasteiger partial charge on any atom is -0.476 e. The number of nitrogens with zero attached hydrogens (tertiary/aromatic N) is 4. The summed E-state index contributed by atoms with van der Waals surface area (Å²) < 4.78 is 5.47. The predicted octanol–water partition coefficient (Wildman–Crippen LogP) is 2.75. The number of hydrogen-bond donors (Lipinski definition) is 3. The molecule has 0 atom stereocenters. The minimum absolute atomic E-state index is 0.196. The lowest BCUT2D eigenvalue weighted by atomic mass is 10.2. The van der Waals surface area contributed by atoms with E-state index in [1.807, 2.05) is 19.9 Å².